The number of amides is 2. The maximum Gasteiger partial charge on any atom is 0.325 e. The van der Waals surface area contributed by atoms with Gasteiger partial charge in [0, 0.05) is 0 Å². The molecule has 0 spiro atoms. The van der Waals surface area contributed by atoms with Crippen molar-refractivity contribution in [3.05, 3.63) is 0 Å². The molecule has 0 aromatic carbocycles. The summed E-state index contributed by atoms with van der Waals surface area (Å²) in [6.45, 7) is 4.57. The zero-order valence-corrected chi connectivity index (χ0v) is 10.3. The van der Waals surface area contributed by atoms with Crippen molar-refractivity contribution in [2.24, 2.45) is 5.73 Å². The second-order valence-corrected chi connectivity index (χ2v) is 4.34. The zero-order chi connectivity index (χ0) is 13.5. The van der Waals surface area contributed by atoms with E-state index in [1.807, 2.05) is 0 Å². The molecule has 4 N–H and O–H groups in total. The second kappa shape index (κ2) is 6.85. The van der Waals surface area contributed by atoms with E-state index in [2.05, 4.69) is 10.6 Å². The van der Waals surface area contributed by atoms with Crippen molar-refractivity contribution >= 4 is 17.8 Å². The van der Waals surface area contributed by atoms with E-state index in [1.165, 1.54) is 0 Å². The first kappa shape index (κ1) is 15.4. The van der Waals surface area contributed by atoms with Crippen LogP contribution in [0.15, 0.2) is 0 Å². The van der Waals surface area contributed by atoms with Crippen LogP contribution < -0.4 is 16.4 Å². The lowest BCUT2D eigenvalue weighted by atomic mass is 10.2. The van der Waals surface area contributed by atoms with Crippen molar-refractivity contribution < 1.29 is 19.1 Å². The number of esters is 1. The Morgan fingerprint density at radius 2 is 1.59 bits per heavy atom. The van der Waals surface area contributed by atoms with Crippen LogP contribution in [0.2, 0.25) is 0 Å². The number of hydrogen-bond donors (Lipinski definition) is 3. The topological polar surface area (TPSA) is 111 Å². The average Bonchev–Trinajstić information content (AvgIpc) is 2.20. The van der Waals surface area contributed by atoms with Crippen molar-refractivity contribution in [2.75, 3.05) is 19.6 Å². The van der Waals surface area contributed by atoms with Crippen LogP contribution in [0, 0.1) is 0 Å². The van der Waals surface area contributed by atoms with Crippen LogP contribution in [0.1, 0.15) is 20.8 Å². The molecular weight excluding hydrogens is 226 g/mol. The third kappa shape index (κ3) is 9.31. The fourth-order valence-electron chi connectivity index (χ4n) is 0.862. The molecule has 0 aliphatic rings. The highest BCUT2D eigenvalue weighted by atomic mass is 16.6. The van der Waals surface area contributed by atoms with Crippen LogP contribution in [0.25, 0.3) is 0 Å². The Hall–Kier alpha value is -1.63. The van der Waals surface area contributed by atoms with Crippen molar-refractivity contribution in [3.63, 3.8) is 0 Å². The molecule has 0 rings (SSSR count). The molecule has 0 atom stereocenters. The smallest absolute Gasteiger partial charge is 0.325 e. The number of carbonyl (C=O) groups excluding carboxylic acids is 3. The van der Waals surface area contributed by atoms with Gasteiger partial charge in [-0.25, -0.2) is 0 Å². The summed E-state index contributed by atoms with van der Waals surface area (Å²) in [7, 11) is 0. The number of hydrogen-bond acceptors (Lipinski definition) is 5. The van der Waals surface area contributed by atoms with E-state index in [0.717, 1.165) is 0 Å². The Kier molecular flexibility index (Phi) is 6.19. The van der Waals surface area contributed by atoms with Crippen molar-refractivity contribution in [2.45, 2.75) is 26.4 Å². The third-order valence-corrected chi connectivity index (χ3v) is 1.48. The van der Waals surface area contributed by atoms with Crippen LogP contribution in [-0.4, -0.2) is 43.0 Å². The summed E-state index contributed by atoms with van der Waals surface area (Å²) in [6.07, 6.45) is 0. The minimum Gasteiger partial charge on any atom is -0.459 e. The molecule has 98 valence electrons. The van der Waals surface area contributed by atoms with Gasteiger partial charge in [0.15, 0.2) is 0 Å². The highest BCUT2D eigenvalue weighted by molar-refractivity contribution is 5.87. The summed E-state index contributed by atoms with van der Waals surface area (Å²) in [5, 5.41) is 4.59. The lowest BCUT2D eigenvalue weighted by molar-refractivity contribution is -0.154. The van der Waals surface area contributed by atoms with Gasteiger partial charge in [-0.05, 0) is 20.8 Å². The lowest BCUT2D eigenvalue weighted by Crippen LogP contribution is -2.42. The van der Waals surface area contributed by atoms with E-state index in [9.17, 15) is 14.4 Å². The molecule has 0 aliphatic heterocycles. The first-order valence-electron chi connectivity index (χ1n) is 5.20. The second-order valence-electron chi connectivity index (χ2n) is 4.34. The Morgan fingerprint density at radius 3 is 2.06 bits per heavy atom. The van der Waals surface area contributed by atoms with Crippen LogP contribution in [0.3, 0.4) is 0 Å². The molecule has 0 saturated carbocycles. The molecule has 0 saturated heterocycles. The maximum atomic E-state index is 11.2. The molecule has 7 heteroatoms. The number of nitrogens with two attached hydrogens (primary N) is 1. The van der Waals surface area contributed by atoms with Gasteiger partial charge in [0.25, 0.3) is 0 Å². The van der Waals surface area contributed by atoms with Crippen molar-refractivity contribution in [1.29, 1.82) is 0 Å². The fourth-order valence-corrected chi connectivity index (χ4v) is 0.862. The van der Waals surface area contributed by atoms with Crippen molar-refractivity contribution in [1.82, 2.24) is 10.6 Å². The number of carbonyl (C=O) groups is 3. The van der Waals surface area contributed by atoms with E-state index in [-0.39, 0.29) is 19.6 Å². The summed E-state index contributed by atoms with van der Waals surface area (Å²) in [5.74, 6) is -1.44. The molecule has 0 aromatic heterocycles. The fraction of sp³-hybridized carbons (Fsp3) is 0.700. The molecule has 17 heavy (non-hydrogen) atoms. The van der Waals surface area contributed by atoms with E-state index in [4.69, 9.17) is 10.5 Å². The molecule has 0 heterocycles. The largest absolute Gasteiger partial charge is 0.459 e. The van der Waals surface area contributed by atoms with Crippen LogP contribution in [0.5, 0.6) is 0 Å². The molecule has 0 fully saturated rings. The first-order valence-corrected chi connectivity index (χ1v) is 5.20. The van der Waals surface area contributed by atoms with Crippen molar-refractivity contribution in [3.8, 4) is 0 Å². The lowest BCUT2D eigenvalue weighted by Gasteiger charge is -2.19. The van der Waals surface area contributed by atoms with Gasteiger partial charge in [-0.1, -0.05) is 0 Å². The quantitative estimate of drug-likeness (QED) is 0.511. The molecule has 0 radical (unpaired) electrons. The molecular formula is C10H19N3O4. The SMILES string of the molecule is CC(C)(C)OC(=O)CNC(=O)CNC(=O)CN. The van der Waals surface area contributed by atoms with E-state index in [1.54, 1.807) is 20.8 Å². The summed E-state index contributed by atoms with van der Waals surface area (Å²) in [4.78, 5) is 33.1. The van der Waals surface area contributed by atoms with Gasteiger partial charge >= 0.3 is 5.97 Å². The van der Waals surface area contributed by atoms with Gasteiger partial charge in [-0.3, -0.25) is 14.4 Å². The van der Waals surface area contributed by atoms with Gasteiger partial charge < -0.3 is 21.1 Å². The minimum absolute atomic E-state index is 0.181. The molecule has 0 bridgehead atoms. The highest BCUT2D eigenvalue weighted by Crippen LogP contribution is 2.05. The number of ether oxygens (including phenoxy) is 1. The monoisotopic (exact) mass is 245 g/mol. The van der Waals surface area contributed by atoms with Gasteiger partial charge in [0.05, 0.1) is 13.1 Å². The van der Waals surface area contributed by atoms with Gasteiger partial charge in [0.1, 0.15) is 12.1 Å². The normalized spacial score (nSPS) is 10.6. The zero-order valence-electron chi connectivity index (χ0n) is 10.3. The predicted molar refractivity (Wildman–Crippen MR) is 60.9 cm³/mol. The summed E-state index contributed by atoms with van der Waals surface area (Å²) in [5.41, 5.74) is 4.44. The van der Waals surface area contributed by atoms with Crippen LogP contribution >= 0.6 is 0 Å². The Morgan fingerprint density at radius 1 is 1.06 bits per heavy atom. The minimum atomic E-state index is -0.588. The predicted octanol–water partition coefficient (Wildman–Crippen LogP) is -1.48. The Bertz CT molecular complexity index is 296. The standard InChI is InChI=1S/C10H19N3O4/c1-10(2,3)17-9(16)6-13-8(15)5-12-7(14)4-11/h4-6,11H2,1-3H3,(H,12,14)(H,13,15). The summed E-state index contributed by atoms with van der Waals surface area (Å²) in [6, 6.07) is 0. The van der Waals surface area contributed by atoms with E-state index >= 15 is 0 Å². The van der Waals surface area contributed by atoms with Gasteiger partial charge in [-0.2, -0.15) is 0 Å². The molecule has 0 aromatic rings. The molecule has 2 amide bonds. The van der Waals surface area contributed by atoms with E-state index in [0.29, 0.717) is 0 Å². The molecule has 0 unspecified atom stereocenters. The van der Waals surface area contributed by atoms with E-state index < -0.39 is 23.4 Å². The first-order chi connectivity index (χ1) is 7.74. The highest BCUT2D eigenvalue weighted by Gasteiger charge is 2.16. The van der Waals surface area contributed by atoms with Crippen LogP contribution in [-0.2, 0) is 19.1 Å². The average molecular weight is 245 g/mol. The summed E-state index contributed by atoms with van der Waals surface area (Å²) >= 11 is 0. The molecule has 0 aliphatic carbocycles. The Labute approximate surface area is 100 Å². The van der Waals surface area contributed by atoms with Gasteiger partial charge in [0.2, 0.25) is 11.8 Å². The maximum absolute atomic E-state index is 11.2. The number of nitrogens with one attached hydrogen (secondary N) is 2. The third-order valence-electron chi connectivity index (χ3n) is 1.48. The van der Waals surface area contributed by atoms with Gasteiger partial charge in [-0.15, -0.1) is 0 Å². The Balaban J connectivity index is 3.77. The number of rotatable bonds is 5. The molecule has 7 nitrogen and oxygen atoms in total. The summed E-state index contributed by atoms with van der Waals surface area (Å²) < 4.78 is 4.97. The van der Waals surface area contributed by atoms with Crippen LogP contribution in [0.4, 0.5) is 0 Å².